The molecule has 0 aliphatic carbocycles. The Bertz CT molecular complexity index is 621. The van der Waals surface area contributed by atoms with Gasteiger partial charge in [0.15, 0.2) is 5.75 Å². The summed E-state index contributed by atoms with van der Waals surface area (Å²) >= 11 is 0. The molecule has 0 aliphatic heterocycles. The van der Waals surface area contributed by atoms with E-state index in [4.69, 9.17) is 0 Å². The van der Waals surface area contributed by atoms with Crippen LogP contribution in [0.1, 0.15) is 20.8 Å². The summed E-state index contributed by atoms with van der Waals surface area (Å²) in [5, 5.41) is -0.0529. The van der Waals surface area contributed by atoms with Gasteiger partial charge >= 0.3 is 15.6 Å². The largest absolute Gasteiger partial charge is 0.534 e. The molecule has 1 aromatic rings. The fourth-order valence-corrected chi connectivity index (χ4v) is 6.74. The maximum absolute atomic E-state index is 14.2. The number of pyridine rings is 1. The van der Waals surface area contributed by atoms with E-state index < -0.39 is 35.3 Å². The number of rotatable bonds is 6. The molecule has 0 radical (unpaired) electrons. The van der Waals surface area contributed by atoms with Gasteiger partial charge in [-0.2, -0.15) is 21.6 Å². The Hall–Kier alpha value is -1.16. The second-order valence-electron chi connectivity index (χ2n) is 4.82. The molecule has 1 heterocycles. The molecule has 0 aliphatic rings. The van der Waals surface area contributed by atoms with Gasteiger partial charge in [0, 0.05) is 5.19 Å². The minimum absolute atomic E-state index is 0.0529. The molecule has 0 atom stereocenters. The zero-order chi connectivity index (χ0) is 17.2. The van der Waals surface area contributed by atoms with Gasteiger partial charge in [-0.15, -0.1) is 0 Å². The van der Waals surface area contributed by atoms with Crippen LogP contribution in [0.2, 0.25) is 18.1 Å². The van der Waals surface area contributed by atoms with Crippen molar-refractivity contribution in [2.45, 2.75) is 44.4 Å². The fraction of sp³-hybridized carbons (Fsp3) is 0.583. The second kappa shape index (κ2) is 6.53. The van der Waals surface area contributed by atoms with E-state index in [1.807, 2.05) is 0 Å². The van der Waals surface area contributed by atoms with Crippen molar-refractivity contribution in [3.05, 3.63) is 18.2 Å². The van der Waals surface area contributed by atoms with E-state index in [9.17, 15) is 26.0 Å². The minimum atomic E-state index is -5.86. The van der Waals surface area contributed by atoms with Crippen molar-refractivity contribution in [3.8, 4) is 5.75 Å². The average molecular weight is 359 g/mol. The van der Waals surface area contributed by atoms with Gasteiger partial charge in [0.25, 0.3) is 0 Å². The van der Waals surface area contributed by atoms with Crippen LogP contribution in [0.15, 0.2) is 12.4 Å². The lowest BCUT2D eigenvalue weighted by atomic mass is 10.4. The van der Waals surface area contributed by atoms with Crippen molar-refractivity contribution >= 4 is 23.4 Å². The molecular weight excluding hydrogens is 342 g/mol. The van der Waals surface area contributed by atoms with Gasteiger partial charge in [-0.25, -0.2) is 4.39 Å². The lowest BCUT2D eigenvalue weighted by molar-refractivity contribution is -0.0499. The number of aromatic nitrogens is 1. The standard InChI is InChI=1S/C12H17F4NO3SSi/c1-4-22(5-2,6-3)11-9(13)7-17-8-10(11)20-21(18,19)12(14,15)16/h7-8H,4-6H2,1-3H3. The van der Waals surface area contributed by atoms with Gasteiger partial charge in [0.05, 0.1) is 20.5 Å². The maximum Gasteiger partial charge on any atom is 0.534 e. The summed E-state index contributed by atoms with van der Waals surface area (Å²) in [6.07, 6.45) is 1.69. The Morgan fingerprint density at radius 2 is 1.64 bits per heavy atom. The van der Waals surface area contributed by atoms with E-state index in [-0.39, 0.29) is 5.19 Å². The van der Waals surface area contributed by atoms with Crippen molar-refractivity contribution in [2.24, 2.45) is 0 Å². The molecule has 4 nitrogen and oxygen atoms in total. The smallest absolute Gasteiger partial charge is 0.374 e. The van der Waals surface area contributed by atoms with E-state index >= 15 is 0 Å². The van der Waals surface area contributed by atoms with Gasteiger partial charge < -0.3 is 4.18 Å². The first kappa shape index (κ1) is 18.9. The summed E-state index contributed by atoms with van der Waals surface area (Å²) < 4.78 is 78.2. The van der Waals surface area contributed by atoms with E-state index in [1.165, 1.54) is 0 Å². The molecule has 0 fully saturated rings. The molecule has 0 N–H and O–H groups in total. The quantitative estimate of drug-likeness (QED) is 0.339. The Morgan fingerprint density at radius 1 is 1.14 bits per heavy atom. The molecule has 126 valence electrons. The molecular formula is C12H17F4NO3SSi. The zero-order valence-corrected chi connectivity index (χ0v) is 14.2. The number of nitrogens with zero attached hydrogens (tertiary/aromatic N) is 1. The van der Waals surface area contributed by atoms with E-state index in [2.05, 4.69) is 9.17 Å². The van der Waals surface area contributed by atoms with Gasteiger partial charge in [-0.1, -0.05) is 38.9 Å². The summed E-state index contributed by atoms with van der Waals surface area (Å²) in [7, 11) is -8.37. The number of halogens is 4. The Labute approximate surface area is 127 Å². The zero-order valence-electron chi connectivity index (χ0n) is 12.4. The maximum atomic E-state index is 14.2. The Kier molecular flexibility index (Phi) is 5.60. The van der Waals surface area contributed by atoms with Crippen LogP contribution in [-0.4, -0.2) is 27.0 Å². The van der Waals surface area contributed by atoms with Crippen LogP contribution < -0.4 is 9.37 Å². The SMILES string of the molecule is CC[Si](CC)(CC)c1c(F)cncc1OS(=O)(=O)C(F)(F)F. The molecule has 1 rings (SSSR count). The van der Waals surface area contributed by atoms with Crippen LogP contribution in [0.4, 0.5) is 17.6 Å². The predicted octanol–water partition coefficient (Wildman–Crippen LogP) is 3.16. The summed E-state index contributed by atoms with van der Waals surface area (Å²) in [4.78, 5) is 3.42. The van der Waals surface area contributed by atoms with Crippen LogP contribution in [0.5, 0.6) is 5.75 Å². The fourth-order valence-electron chi connectivity index (χ4n) is 2.44. The van der Waals surface area contributed by atoms with Crippen LogP contribution in [0, 0.1) is 5.82 Å². The highest BCUT2D eigenvalue weighted by molar-refractivity contribution is 7.88. The van der Waals surface area contributed by atoms with E-state index in [0.717, 1.165) is 12.4 Å². The summed E-state index contributed by atoms with van der Waals surface area (Å²) in [5.74, 6) is -1.48. The third-order valence-corrected chi connectivity index (χ3v) is 10.5. The minimum Gasteiger partial charge on any atom is -0.374 e. The molecule has 0 saturated carbocycles. The lowest BCUT2D eigenvalue weighted by Gasteiger charge is -2.30. The van der Waals surface area contributed by atoms with Crippen molar-refractivity contribution in [1.29, 1.82) is 0 Å². The Balaban J connectivity index is 3.50. The van der Waals surface area contributed by atoms with E-state index in [1.54, 1.807) is 20.8 Å². The van der Waals surface area contributed by atoms with Crippen LogP contribution in [0.3, 0.4) is 0 Å². The highest BCUT2D eigenvalue weighted by atomic mass is 32.2. The molecule has 0 bridgehead atoms. The first-order valence-corrected chi connectivity index (χ1v) is 10.7. The highest BCUT2D eigenvalue weighted by Crippen LogP contribution is 2.30. The molecule has 1 aromatic heterocycles. The Morgan fingerprint density at radius 3 is 2.05 bits per heavy atom. The molecule has 0 saturated heterocycles. The summed E-state index contributed by atoms with van der Waals surface area (Å²) in [6.45, 7) is 5.42. The molecule has 22 heavy (non-hydrogen) atoms. The van der Waals surface area contributed by atoms with Gasteiger partial charge in [0.2, 0.25) is 0 Å². The van der Waals surface area contributed by atoms with Crippen LogP contribution in [-0.2, 0) is 10.1 Å². The number of hydrogen-bond acceptors (Lipinski definition) is 4. The molecule has 0 spiro atoms. The lowest BCUT2D eigenvalue weighted by Crippen LogP contribution is -2.49. The molecule has 10 heteroatoms. The first-order chi connectivity index (χ1) is 10.0. The van der Waals surface area contributed by atoms with Gasteiger partial charge in [-0.05, 0) is 0 Å². The van der Waals surface area contributed by atoms with Gasteiger partial charge in [-0.3, -0.25) is 4.98 Å². The normalized spacial score (nSPS) is 13.2. The van der Waals surface area contributed by atoms with Crippen LogP contribution >= 0.6 is 0 Å². The number of alkyl halides is 3. The third kappa shape index (κ3) is 3.42. The van der Waals surface area contributed by atoms with Gasteiger partial charge in [0.1, 0.15) is 5.82 Å². The monoisotopic (exact) mass is 359 g/mol. The third-order valence-electron chi connectivity index (χ3n) is 3.91. The highest BCUT2D eigenvalue weighted by Gasteiger charge is 2.49. The second-order valence-corrected chi connectivity index (χ2v) is 11.5. The van der Waals surface area contributed by atoms with Crippen LogP contribution in [0.25, 0.3) is 0 Å². The first-order valence-electron chi connectivity index (χ1n) is 6.69. The van der Waals surface area contributed by atoms with Crippen molar-refractivity contribution in [3.63, 3.8) is 0 Å². The van der Waals surface area contributed by atoms with Crippen molar-refractivity contribution in [2.75, 3.05) is 0 Å². The van der Waals surface area contributed by atoms with E-state index in [0.29, 0.717) is 18.1 Å². The van der Waals surface area contributed by atoms with Crippen molar-refractivity contribution < 1.29 is 30.2 Å². The summed E-state index contributed by atoms with van der Waals surface area (Å²) in [5.41, 5.74) is -5.58. The number of hydrogen-bond donors (Lipinski definition) is 0. The average Bonchev–Trinajstić information content (AvgIpc) is 2.42. The topological polar surface area (TPSA) is 56.3 Å². The van der Waals surface area contributed by atoms with Crippen molar-refractivity contribution in [1.82, 2.24) is 4.98 Å². The predicted molar refractivity (Wildman–Crippen MR) is 76.6 cm³/mol. The molecule has 0 unspecified atom stereocenters. The molecule has 0 aromatic carbocycles. The molecule has 0 amide bonds. The summed E-state index contributed by atoms with van der Waals surface area (Å²) in [6, 6.07) is 1.63.